The fraction of sp³-hybridized carbons (Fsp3) is 0.0732. The molecule has 46 heavy (non-hydrogen) atoms. The van der Waals surface area contributed by atoms with Gasteiger partial charge >= 0.3 is 0 Å². The predicted molar refractivity (Wildman–Crippen MR) is 185 cm³/mol. The van der Waals surface area contributed by atoms with Crippen LogP contribution in [0.15, 0.2) is 128 Å². The van der Waals surface area contributed by atoms with Gasteiger partial charge < -0.3 is 0 Å². The van der Waals surface area contributed by atoms with E-state index in [1.54, 1.807) is 6.07 Å². The number of para-hydroxylation sites is 2. The Balaban J connectivity index is 1.33. The molecular formula is C41H27N5. The van der Waals surface area contributed by atoms with Gasteiger partial charge in [-0.05, 0) is 52.6 Å². The van der Waals surface area contributed by atoms with Crippen LogP contribution in [0.25, 0.3) is 72.3 Å². The largest absolute Gasteiger partial charge is 0.292 e. The van der Waals surface area contributed by atoms with E-state index in [0.717, 1.165) is 55.3 Å². The maximum atomic E-state index is 9.68. The molecule has 0 radical (unpaired) electrons. The highest BCUT2D eigenvalue weighted by Gasteiger charge is 2.35. The highest BCUT2D eigenvalue weighted by atomic mass is 15.1. The molecule has 3 heterocycles. The molecule has 0 amide bonds. The van der Waals surface area contributed by atoms with Crippen LogP contribution in [0.5, 0.6) is 0 Å². The van der Waals surface area contributed by atoms with Crippen LogP contribution in [0.3, 0.4) is 0 Å². The summed E-state index contributed by atoms with van der Waals surface area (Å²) < 4.78 is 2.19. The molecule has 0 spiro atoms. The van der Waals surface area contributed by atoms with Crippen molar-refractivity contribution in [3.8, 4) is 45.7 Å². The van der Waals surface area contributed by atoms with Crippen molar-refractivity contribution in [3.05, 3.63) is 144 Å². The minimum absolute atomic E-state index is 0.138. The van der Waals surface area contributed by atoms with Gasteiger partial charge in [0.1, 0.15) is 5.82 Å². The SMILES string of the molecule is CC1(C)c2ccccc2-c2ccc(-c3cc(-n4c5ccccc5c5c6ccccc6ncc54)nc(-c4cccc(C#N)c4)n3)cc21. The lowest BCUT2D eigenvalue weighted by molar-refractivity contribution is 0.660. The van der Waals surface area contributed by atoms with Crippen molar-refractivity contribution in [3.63, 3.8) is 0 Å². The van der Waals surface area contributed by atoms with Crippen LogP contribution in [-0.4, -0.2) is 19.5 Å². The van der Waals surface area contributed by atoms with Gasteiger partial charge in [0.25, 0.3) is 0 Å². The molecule has 216 valence electrons. The Hall–Kier alpha value is -6.12. The van der Waals surface area contributed by atoms with Crippen LogP contribution in [0, 0.1) is 11.3 Å². The molecule has 5 nitrogen and oxygen atoms in total. The molecule has 1 aliphatic carbocycles. The van der Waals surface area contributed by atoms with Crippen molar-refractivity contribution in [1.82, 2.24) is 19.5 Å². The first-order chi connectivity index (χ1) is 22.5. The molecule has 9 rings (SSSR count). The fourth-order valence-corrected chi connectivity index (χ4v) is 7.26. The molecule has 0 atom stereocenters. The van der Waals surface area contributed by atoms with Crippen LogP contribution in [0.4, 0.5) is 0 Å². The average molecular weight is 590 g/mol. The normalized spacial score (nSPS) is 13.2. The van der Waals surface area contributed by atoms with Gasteiger partial charge in [0.15, 0.2) is 5.82 Å². The van der Waals surface area contributed by atoms with Gasteiger partial charge in [-0.25, -0.2) is 9.97 Å². The van der Waals surface area contributed by atoms with E-state index >= 15 is 0 Å². The summed E-state index contributed by atoms with van der Waals surface area (Å²) in [4.78, 5) is 15.2. The van der Waals surface area contributed by atoms with Gasteiger partial charge in [-0.2, -0.15) is 5.26 Å². The second-order valence-corrected chi connectivity index (χ2v) is 12.4. The average Bonchev–Trinajstić information content (AvgIpc) is 3.57. The molecule has 0 bridgehead atoms. The monoisotopic (exact) mass is 589 g/mol. The number of pyridine rings is 1. The molecular weight excluding hydrogens is 562 g/mol. The van der Waals surface area contributed by atoms with Crippen LogP contribution in [-0.2, 0) is 5.41 Å². The highest BCUT2D eigenvalue weighted by Crippen LogP contribution is 2.49. The smallest absolute Gasteiger partial charge is 0.162 e. The number of fused-ring (bicyclic) bond motifs is 8. The first-order valence-corrected chi connectivity index (χ1v) is 15.4. The van der Waals surface area contributed by atoms with Crippen LogP contribution < -0.4 is 0 Å². The fourth-order valence-electron chi connectivity index (χ4n) is 7.26. The van der Waals surface area contributed by atoms with E-state index in [1.165, 1.54) is 22.3 Å². The summed E-state index contributed by atoms with van der Waals surface area (Å²) in [6.07, 6.45) is 1.95. The number of hydrogen-bond acceptors (Lipinski definition) is 4. The zero-order chi connectivity index (χ0) is 31.0. The van der Waals surface area contributed by atoms with E-state index in [-0.39, 0.29) is 5.41 Å². The molecule has 1 aliphatic rings. The van der Waals surface area contributed by atoms with E-state index in [0.29, 0.717) is 11.4 Å². The molecule has 0 saturated carbocycles. The lowest BCUT2D eigenvalue weighted by atomic mass is 9.82. The molecule has 5 heteroatoms. The van der Waals surface area contributed by atoms with Crippen molar-refractivity contribution in [2.24, 2.45) is 0 Å². The van der Waals surface area contributed by atoms with E-state index < -0.39 is 0 Å². The lowest BCUT2D eigenvalue weighted by Crippen LogP contribution is -2.15. The molecule has 0 aliphatic heterocycles. The quantitative estimate of drug-likeness (QED) is 0.206. The second kappa shape index (κ2) is 9.69. The van der Waals surface area contributed by atoms with Crippen LogP contribution >= 0.6 is 0 Å². The first-order valence-electron chi connectivity index (χ1n) is 15.4. The van der Waals surface area contributed by atoms with Crippen molar-refractivity contribution >= 4 is 32.7 Å². The highest BCUT2D eigenvalue weighted by molar-refractivity contribution is 6.20. The number of nitriles is 1. The Morgan fingerprint density at radius 1 is 0.652 bits per heavy atom. The van der Waals surface area contributed by atoms with Crippen molar-refractivity contribution in [1.29, 1.82) is 5.26 Å². The van der Waals surface area contributed by atoms with E-state index in [1.807, 2.05) is 30.5 Å². The van der Waals surface area contributed by atoms with Gasteiger partial charge in [0.05, 0.1) is 40.1 Å². The summed E-state index contributed by atoms with van der Waals surface area (Å²) in [5.41, 5.74) is 11.2. The number of aromatic nitrogens is 4. The molecule has 0 N–H and O–H groups in total. The minimum Gasteiger partial charge on any atom is -0.292 e. The standard InChI is InChI=1S/C41H27N5/c1-41(2)32-15-6-3-12-28(32)29-19-18-26(21-33(29)41)35-22-38(45-40(44-35)27-11-9-10-25(20-27)23-42)46-36-17-8-5-14-31(36)39-30-13-4-7-16-34(30)43-24-37(39)46/h3-22,24H,1-2H3. The molecule has 3 aromatic heterocycles. The number of benzene rings is 5. The number of hydrogen-bond donors (Lipinski definition) is 0. The zero-order valence-electron chi connectivity index (χ0n) is 25.4. The van der Waals surface area contributed by atoms with Crippen LogP contribution in [0.1, 0.15) is 30.5 Å². The van der Waals surface area contributed by atoms with Crippen molar-refractivity contribution in [2.75, 3.05) is 0 Å². The summed E-state index contributed by atoms with van der Waals surface area (Å²) in [6, 6.07) is 43.9. The molecule has 5 aromatic carbocycles. The van der Waals surface area contributed by atoms with Gasteiger partial charge in [-0.3, -0.25) is 9.55 Å². The minimum atomic E-state index is -0.138. The number of rotatable bonds is 3. The Morgan fingerprint density at radius 2 is 1.43 bits per heavy atom. The third-order valence-corrected chi connectivity index (χ3v) is 9.48. The topological polar surface area (TPSA) is 67.4 Å². The summed E-state index contributed by atoms with van der Waals surface area (Å²) in [6.45, 7) is 4.59. The van der Waals surface area contributed by atoms with E-state index in [2.05, 4.69) is 115 Å². The summed E-state index contributed by atoms with van der Waals surface area (Å²) in [7, 11) is 0. The van der Waals surface area contributed by atoms with Gasteiger partial charge in [-0.1, -0.05) is 98.8 Å². The predicted octanol–water partition coefficient (Wildman–Crippen LogP) is 9.63. The Kier molecular flexibility index (Phi) is 5.54. The molecule has 0 saturated heterocycles. The third-order valence-electron chi connectivity index (χ3n) is 9.48. The van der Waals surface area contributed by atoms with E-state index in [9.17, 15) is 5.26 Å². The summed E-state index contributed by atoms with van der Waals surface area (Å²) >= 11 is 0. The lowest BCUT2D eigenvalue weighted by Gasteiger charge is -2.22. The molecule has 8 aromatic rings. The Bertz CT molecular complexity index is 2580. The Morgan fingerprint density at radius 3 is 2.33 bits per heavy atom. The van der Waals surface area contributed by atoms with Crippen LogP contribution in [0.2, 0.25) is 0 Å². The first kappa shape index (κ1) is 26.3. The second-order valence-electron chi connectivity index (χ2n) is 12.4. The van der Waals surface area contributed by atoms with E-state index in [4.69, 9.17) is 15.0 Å². The maximum absolute atomic E-state index is 9.68. The number of nitrogens with zero attached hydrogens (tertiary/aromatic N) is 5. The zero-order valence-corrected chi connectivity index (χ0v) is 25.4. The van der Waals surface area contributed by atoms with Gasteiger partial charge in [0, 0.05) is 38.8 Å². The molecule has 0 unspecified atom stereocenters. The Labute approximate surface area is 266 Å². The van der Waals surface area contributed by atoms with Gasteiger partial charge in [0.2, 0.25) is 0 Å². The van der Waals surface area contributed by atoms with Crippen molar-refractivity contribution < 1.29 is 0 Å². The van der Waals surface area contributed by atoms with Crippen molar-refractivity contribution in [2.45, 2.75) is 19.3 Å². The molecule has 0 fully saturated rings. The summed E-state index contributed by atoms with van der Waals surface area (Å²) in [5, 5.41) is 13.1. The summed E-state index contributed by atoms with van der Waals surface area (Å²) in [5.74, 6) is 1.31. The van der Waals surface area contributed by atoms with Gasteiger partial charge in [-0.15, -0.1) is 0 Å². The third kappa shape index (κ3) is 3.77. The maximum Gasteiger partial charge on any atom is 0.162 e.